The molecule has 0 saturated heterocycles. The number of fused-ring (bicyclic) bond motifs is 1. The van der Waals surface area contributed by atoms with Gasteiger partial charge in [-0.1, -0.05) is 0 Å². The van der Waals surface area contributed by atoms with Gasteiger partial charge in [-0.2, -0.15) is 0 Å². The fourth-order valence-electron chi connectivity index (χ4n) is 2.66. The van der Waals surface area contributed by atoms with Crippen LogP contribution < -0.4 is 10.0 Å². The van der Waals surface area contributed by atoms with Gasteiger partial charge in [-0.3, -0.25) is 4.72 Å². The van der Waals surface area contributed by atoms with Gasteiger partial charge in [0, 0.05) is 17.8 Å². The summed E-state index contributed by atoms with van der Waals surface area (Å²) in [5.41, 5.74) is 0.00538. The summed E-state index contributed by atoms with van der Waals surface area (Å²) in [5, 5.41) is 9.99. The molecule has 3 aromatic carbocycles. The van der Waals surface area contributed by atoms with Crippen LogP contribution in [0, 0.1) is 23.3 Å². The second-order valence-electron chi connectivity index (χ2n) is 6.06. The maximum atomic E-state index is 13.4. The first kappa shape index (κ1) is 19.6. The maximum absolute atomic E-state index is 13.4. The molecular weight excluding hydrogens is 428 g/mol. The predicted octanol–water partition coefficient (Wildman–Crippen LogP) is 4.32. The van der Waals surface area contributed by atoms with Gasteiger partial charge in [0.15, 0.2) is 34.3 Å². The molecule has 7 nitrogen and oxygen atoms in total. The number of sulfonamides is 1. The smallest absolute Gasteiger partial charge is 0.264 e. The van der Waals surface area contributed by atoms with E-state index >= 15 is 0 Å². The number of hydrogen-bond acceptors (Lipinski definition) is 6. The highest BCUT2D eigenvalue weighted by molar-refractivity contribution is 7.93. The third kappa shape index (κ3) is 3.64. The Morgan fingerprint density at radius 3 is 2.00 bits per heavy atom. The normalized spacial score (nSPS) is 11.6. The lowest BCUT2D eigenvalue weighted by molar-refractivity contribution is 0.315. The van der Waals surface area contributed by atoms with Crippen molar-refractivity contribution in [2.45, 2.75) is 4.90 Å². The van der Waals surface area contributed by atoms with Crippen LogP contribution in [0.3, 0.4) is 0 Å². The molecule has 1 aromatic heterocycles. The molecule has 0 amide bonds. The summed E-state index contributed by atoms with van der Waals surface area (Å²) in [6.07, 6.45) is 0. The molecule has 4 aromatic rings. The van der Waals surface area contributed by atoms with E-state index in [-0.39, 0.29) is 33.0 Å². The summed E-state index contributed by atoms with van der Waals surface area (Å²) < 4.78 is 85.1. The molecule has 0 aliphatic rings. The van der Waals surface area contributed by atoms with Crippen LogP contribution in [-0.2, 0) is 10.0 Å². The van der Waals surface area contributed by atoms with Crippen LogP contribution in [-0.4, -0.2) is 18.7 Å². The van der Waals surface area contributed by atoms with Crippen LogP contribution in [0.5, 0.6) is 0 Å². The first-order chi connectivity index (χ1) is 14.2. The lowest BCUT2D eigenvalue weighted by Crippen LogP contribution is -2.14. The third-order valence-corrected chi connectivity index (χ3v) is 5.45. The van der Waals surface area contributed by atoms with Gasteiger partial charge in [-0.05, 0) is 46.7 Å². The van der Waals surface area contributed by atoms with Gasteiger partial charge in [-0.15, -0.1) is 0 Å². The van der Waals surface area contributed by atoms with E-state index in [1.165, 1.54) is 12.1 Å². The summed E-state index contributed by atoms with van der Waals surface area (Å²) in [7, 11) is -4.28. The number of anilines is 3. The standard InChI is InChI=1S/C18H10F4N4O3S/c19-11-3-1-9(7-13(11)21)23-15-5-6-16(18-17(15)24-29-25-18)30(27,28)26-10-2-4-12(20)14(22)8-10/h1-8,23,26H. The second-order valence-corrected chi connectivity index (χ2v) is 7.71. The predicted molar refractivity (Wildman–Crippen MR) is 98.6 cm³/mol. The first-order valence-electron chi connectivity index (χ1n) is 8.20. The molecule has 30 heavy (non-hydrogen) atoms. The maximum Gasteiger partial charge on any atom is 0.264 e. The number of nitrogens with zero attached hydrogens (tertiary/aromatic N) is 2. The summed E-state index contributed by atoms with van der Waals surface area (Å²) in [6, 6.07) is 8.08. The van der Waals surface area contributed by atoms with Crippen LogP contribution in [0.15, 0.2) is 58.1 Å². The largest absolute Gasteiger partial charge is 0.354 e. The Kier molecular flexibility index (Phi) is 4.78. The van der Waals surface area contributed by atoms with Crippen LogP contribution >= 0.6 is 0 Å². The molecule has 0 atom stereocenters. The molecule has 154 valence electrons. The Hall–Kier alpha value is -3.67. The average Bonchev–Trinajstić information content (AvgIpc) is 3.17. The number of benzene rings is 3. The van der Waals surface area contributed by atoms with Gasteiger partial charge >= 0.3 is 0 Å². The quantitative estimate of drug-likeness (QED) is 0.451. The van der Waals surface area contributed by atoms with Gasteiger partial charge in [0.1, 0.15) is 4.90 Å². The summed E-state index contributed by atoms with van der Waals surface area (Å²) in [5.74, 6) is -4.47. The van der Waals surface area contributed by atoms with Crippen molar-refractivity contribution in [2.75, 3.05) is 10.0 Å². The molecule has 4 rings (SSSR count). The highest BCUT2D eigenvalue weighted by Gasteiger charge is 2.23. The zero-order chi connectivity index (χ0) is 21.5. The highest BCUT2D eigenvalue weighted by atomic mass is 32.2. The topological polar surface area (TPSA) is 97.1 Å². The average molecular weight is 438 g/mol. The minimum absolute atomic E-state index is 0.00658. The van der Waals surface area contributed by atoms with Crippen molar-refractivity contribution in [3.05, 3.63) is 71.8 Å². The van der Waals surface area contributed by atoms with Crippen LogP contribution in [0.1, 0.15) is 0 Å². The van der Waals surface area contributed by atoms with Crippen molar-refractivity contribution < 1.29 is 30.6 Å². The van der Waals surface area contributed by atoms with E-state index < -0.39 is 33.3 Å². The van der Waals surface area contributed by atoms with E-state index in [0.717, 1.165) is 30.3 Å². The minimum Gasteiger partial charge on any atom is -0.354 e. The molecule has 0 spiro atoms. The molecule has 0 aliphatic heterocycles. The number of rotatable bonds is 5. The summed E-state index contributed by atoms with van der Waals surface area (Å²) in [6.45, 7) is 0. The zero-order valence-electron chi connectivity index (χ0n) is 14.7. The first-order valence-corrected chi connectivity index (χ1v) is 9.68. The van der Waals surface area contributed by atoms with Gasteiger partial charge in [0.25, 0.3) is 10.0 Å². The molecule has 2 N–H and O–H groups in total. The fraction of sp³-hybridized carbons (Fsp3) is 0. The van der Waals surface area contributed by atoms with Crippen molar-refractivity contribution in [3.63, 3.8) is 0 Å². The molecule has 12 heteroatoms. The Balaban J connectivity index is 1.70. The van der Waals surface area contributed by atoms with Crippen LogP contribution in [0.2, 0.25) is 0 Å². The van der Waals surface area contributed by atoms with Gasteiger partial charge in [-0.25, -0.2) is 30.6 Å². The number of halogens is 4. The lowest BCUT2D eigenvalue weighted by Gasteiger charge is -2.11. The molecular formula is C18H10F4N4O3S. The van der Waals surface area contributed by atoms with Crippen molar-refractivity contribution >= 4 is 38.1 Å². The van der Waals surface area contributed by atoms with Crippen molar-refractivity contribution in [1.82, 2.24) is 10.3 Å². The Labute approximate surface area is 166 Å². The van der Waals surface area contributed by atoms with E-state index in [0.29, 0.717) is 6.07 Å². The molecule has 0 aliphatic carbocycles. The lowest BCUT2D eigenvalue weighted by atomic mass is 10.2. The second kappa shape index (κ2) is 7.30. The highest BCUT2D eigenvalue weighted by Crippen LogP contribution is 2.30. The van der Waals surface area contributed by atoms with E-state index in [9.17, 15) is 26.0 Å². The monoisotopic (exact) mass is 438 g/mol. The third-order valence-electron chi connectivity index (χ3n) is 4.04. The molecule has 0 fully saturated rings. The van der Waals surface area contributed by atoms with Crippen molar-refractivity contribution in [1.29, 1.82) is 0 Å². The summed E-state index contributed by atoms with van der Waals surface area (Å²) in [4.78, 5) is -0.348. The Bertz CT molecular complexity index is 1380. The Morgan fingerprint density at radius 1 is 0.733 bits per heavy atom. The number of hydrogen-bond donors (Lipinski definition) is 2. The SMILES string of the molecule is O=S(=O)(Nc1ccc(F)c(F)c1)c1ccc(Nc2ccc(F)c(F)c2)c2nonc12. The molecule has 0 saturated carbocycles. The molecule has 0 bridgehead atoms. The van der Waals surface area contributed by atoms with E-state index in [1.807, 2.05) is 0 Å². The minimum atomic E-state index is -4.28. The van der Waals surface area contributed by atoms with Gasteiger partial charge < -0.3 is 5.32 Å². The van der Waals surface area contributed by atoms with Crippen LogP contribution in [0.25, 0.3) is 11.0 Å². The van der Waals surface area contributed by atoms with Crippen molar-refractivity contribution in [2.24, 2.45) is 0 Å². The molecule has 1 heterocycles. The Morgan fingerprint density at radius 2 is 1.33 bits per heavy atom. The fourth-order valence-corrected chi connectivity index (χ4v) is 3.84. The number of nitrogens with one attached hydrogen (secondary N) is 2. The van der Waals surface area contributed by atoms with E-state index in [1.54, 1.807) is 0 Å². The molecule has 0 unspecified atom stereocenters. The van der Waals surface area contributed by atoms with Gasteiger partial charge in [0.2, 0.25) is 0 Å². The van der Waals surface area contributed by atoms with Crippen molar-refractivity contribution in [3.8, 4) is 0 Å². The van der Waals surface area contributed by atoms with Crippen LogP contribution in [0.4, 0.5) is 34.6 Å². The van der Waals surface area contributed by atoms with E-state index in [2.05, 4.69) is 25.0 Å². The van der Waals surface area contributed by atoms with Gasteiger partial charge in [0.05, 0.1) is 11.4 Å². The van der Waals surface area contributed by atoms with E-state index in [4.69, 9.17) is 0 Å². The zero-order valence-corrected chi connectivity index (χ0v) is 15.5. The summed E-state index contributed by atoms with van der Waals surface area (Å²) >= 11 is 0. The number of aromatic nitrogens is 2. The molecule has 0 radical (unpaired) electrons.